The van der Waals surface area contributed by atoms with Crippen molar-refractivity contribution in [2.24, 2.45) is 0 Å². The maximum Gasteiger partial charge on any atom is 0.317 e. The number of carboxylic acids is 1. The average molecular weight is 285 g/mol. The lowest BCUT2D eigenvalue weighted by Gasteiger charge is -2.35. The summed E-state index contributed by atoms with van der Waals surface area (Å²) < 4.78 is 0. The molecule has 2 N–H and O–H groups in total. The van der Waals surface area contributed by atoms with Crippen LogP contribution in [0.25, 0.3) is 0 Å². The maximum absolute atomic E-state index is 12.3. The summed E-state index contributed by atoms with van der Waals surface area (Å²) in [6.07, 6.45) is 2.07. The molecule has 1 heterocycles. The van der Waals surface area contributed by atoms with Gasteiger partial charge in [-0.3, -0.25) is 4.79 Å². The van der Waals surface area contributed by atoms with E-state index >= 15 is 0 Å². The van der Waals surface area contributed by atoms with Crippen molar-refractivity contribution in [3.63, 3.8) is 0 Å². The van der Waals surface area contributed by atoms with Gasteiger partial charge < -0.3 is 20.2 Å². The van der Waals surface area contributed by atoms with E-state index in [2.05, 4.69) is 17.1 Å². The molecule has 0 aromatic rings. The number of piperidine rings is 1. The highest BCUT2D eigenvalue weighted by molar-refractivity contribution is 5.76. The zero-order valence-corrected chi connectivity index (χ0v) is 12.8. The van der Waals surface area contributed by atoms with E-state index in [1.165, 1.54) is 0 Å². The van der Waals surface area contributed by atoms with Crippen molar-refractivity contribution >= 4 is 12.0 Å². The fraction of sp³-hybridized carbons (Fsp3) is 0.857. The fourth-order valence-electron chi connectivity index (χ4n) is 2.74. The largest absolute Gasteiger partial charge is 0.481 e. The van der Waals surface area contributed by atoms with Crippen LogP contribution in [0.1, 0.15) is 40.0 Å². The molecule has 0 bridgehead atoms. The Morgan fingerprint density at radius 3 is 2.70 bits per heavy atom. The van der Waals surface area contributed by atoms with Gasteiger partial charge in [-0.2, -0.15) is 0 Å². The van der Waals surface area contributed by atoms with Gasteiger partial charge in [-0.1, -0.05) is 6.92 Å². The molecule has 1 saturated heterocycles. The van der Waals surface area contributed by atoms with Crippen LogP contribution in [0.2, 0.25) is 0 Å². The number of amides is 2. The summed E-state index contributed by atoms with van der Waals surface area (Å²) in [7, 11) is 0. The average Bonchev–Trinajstić information content (AvgIpc) is 2.38. The number of nitrogens with zero attached hydrogens (tertiary/aromatic N) is 2. The molecule has 0 aromatic carbocycles. The van der Waals surface area contributed by atoms with E-state index < -0.39 is 5.97 Å². The lowest BCUT2D eigenvalue weighted by atomic mass is 10.1. The summed E-state index contributed by atoms with van der Waals surface area (Å²) >= 11 is 0. The highest BCUT2D eigenvalue weighted by Gasteiger charge is 2.25. The lowest BCUT2D eigenvalue weighted by Crippen LogP contribution is -2.53. The molecule has 0 saturated carbocycles. The molecular weight excluding hydrogens is 258 g/mol. The minimum atomic E-state index is -0.876. The normalized spacial score (nSPS) is 21.2. The van der Waals surface area contributed by atoms with E-state index in [9.17, 15) is 9.59 Å². The SMILES string of the molecule is CCN1CCCC(NC(=O)N(CC)C(C)CC(=O)O)C1. The van der Waals surface area contributed by atoms with Crippen LogP contribution < -0.4 is 5.32 Å². The van der Waals surface area contributed by atoms with Crippen LogP contribution in [-0.4, -0.2) is 65.2 Å². The zero-order valence-electron chi connectivity index (χ0n) is 12.8. The molecular formula is C14H27N3O3. The molecule has 1 aliphatic rings. The summed E-state index contributed by atoms with van der Waals surface area (Å²) in [5.74, 6) is -0.876. The Labute approximate surface area is 121 Å². The standard InChI is InChI=1S/C14H27N3O3/c1-4-16-8-6-7-12(10-16)15-14(20)17(5-2)11(3)9-13(18)19/h11-12H,4-10H2,1-3H3,(H,15,20)(H,18,19). The van der Waals surface area contributed by atoms with Gasteiger partial charge in [-0.25, -0.2) is 4.79 Å². The monoisotopic (exact) mass is 285 g/mol. The first-order valence-electron chi connectivity index (χ1n) is 7.49. The smallest absolute Gasteiger partial charge is 0.317 e. The molecule has 116 valence electrons. The van der Waals surface area contributed by atoms with Crippen LogP contribution in [0.3, 0.4) is 0 Å². The van der Waals surface area contributed by atoms with Gasteiger partial charge in [0, 0.05) is 25.2 Å². The number of carboxylic acid groups (broad SMARTS) is 1. The summed E-state index contributed by atoms with van der Waals surface area (Å²) in [5, 5.41) is 11.9. The van der Waals surface area contributed by atoms with E-state index in [1.54, 1.807) is 11.8 Å². The van der Waals surface area contributed by atoms with Crippen LogP contribution in [-0.2, 0) is 4.79 Å². The minimum Gasteiger partial charge on any atom is -0.481 e. The Hall–Kier alpha value is -1.30. The number of carbonyl (C=O) groups excluding carboxylic acids is 1. The summed E-state index contributed by atoms with van der Waals surface area (Å²) in [4.78, 5) is 26.9. The molecule has 1 aliphatic heterocycles. The number of nitrogens with one attached hydrogen (secondary N) is 1. The molecule has 6 nitrogen and oxygen atoms in total. The maximum atomic E-state index is 12.3. The third kappa shape index (κ3) is 5.00. The first-order chi connectivity index (χ1) is 9.47. The van der Waals surface area contributed by atoms with Gasteiger partial charge in [0.1, 0.15) is 0 Å². The Bertz CT molecular complexity index is 336. The molecule has 1 rings (SSSR count). The Balaban J connectivity index is 2.52. The van der Waals surface area contributed by atoms with Crippen molar-refractivity contribution in [3.8, 4) is 0 Å². The van der Waals surface area contributed by atoms with Crippen LogP contribution in [0, 0.1) is 0 Å². The zero-order chi connectivity index (χ0) is 15.1. The van der Waals surface area contributed by atoms with Crippen LogP contribution in [0.5, 0.6) is 0 Å². The van der Waals surface area contributed by atoms with Crippen molar-refractivity contribution in [2.45, 2.75) is 52.1 Å². The van der Waals surface area contributed by atoms with E-state index in [0.717, 1.165) is 32.5 Å². The Kier molecular flexibility index (Phi) is 6.78. The van der Waals surface area contributed by atoms with Crippen molar-refractivity contribution in [1.82, 2.24) is 15.1 Å². The minimum absolute atomic E-state index is 0.0208. The molecule has 2 atom stereocenters. The Morgan fingerprint density at radius 2 is 2.15 bits per heavy atom. The molecule has 0 spiro atoms. The molecule has 20 heavy (non-hydrogen) atoms. The van der Waals surface area contributed by atoms with Crippen molar-refractivity contribution < 1.29 is 14.7 Å². The fourth-order valence-corrected chi connectivity index (χ4v) is 2.74. The molecule has 2 unspecified atom stereocenters. The summed E-state index contributed by atoms with van der Waals surface area (Å²) in [5.41, 5.74) is 0. The lowest BCUT2D eigenvalue weighted by molar-refractivity contribution is -0.138. The third-order valence-electron chi connectivity index (χ3n) is 3.88. The first-order valence-corrected chi connectivity index (χ1v) is 7.49. The number of rotatable bonds is 6. The van der Waals surface area contributed by atoms with E-state index in [-0.39, 0.29) is 24.5 Å². The number of likely N-dealkylation sites (tertiary alicyclic amines) is 1. The molecule has 1 fully saturated rings. The molecule has 2 amide bonds. The number of aliphatic carboxylic acids is 1. The number of hydrogen-bond acceptors (Lipinski definition) is 3. The van der Waals surface area contributed by atoms with Gasteiger partial charge in [0.15, 0.2) is 0 Å². The summed E-state index contributed by atoms with van der Waals surface area (Å²) in [6.45, 7) is 9.26. The number of hydrogen-bond donors (Lipinski definition) is 2. The number of likely N-dealkylation sites (N-methyl/N-ethyl adjacent to an activating group) is 1. The number of urea groups is 1. The molecule has 0 aliphatic carbocycles. The van der Waals surface area contributed by atoms with Crippen molar-refractivity contribution in [2.75, 3.05) is 26.2 Å². The van der Waals surface area contributed by atoms with Crippen LogP contribution in [0.15, 0.2) is 0 Å². The highest BCUT2D eigenvalue weighted by Crippen LogP contribution is 2.11. The second kappa shape index (κ2) is 8.09. The van der Waals surface area contributed by atoms with Crippen LogP contribution in [0.4, 0.5) is 4.79 Å². The predicted octanol–water partition coefficient (Wildman–Crippen LogP) is 1.37. The third-order valence-corrected chi connectivity index (χ3v) is 3.88. The highest BCUT2D eigenvalue weighted by atomic mass is 16.4. The van der Waals surface area contributed by atoms with E-state index in [4.69, 9.17) is 5.11 Å². The van der Waals surface area contributed by atoms with Gasteiger partial charge in [-0.15, -0.1) is 0 Å². The van der Waals surface area contributed by atoms with Crippen molar-refractivity contribution in [1.29, 1.82) is 0 Å². The second-order valence-electron chi connectivity index (χ2n) is 5.41. The van der Waals surface area contributed by atoms with Gasteiger partial charge in [-0.05, 0) is 39.8 Å². The van der Waals surface area contributed by atoms with Crippen molar-refractivity contribution in [3.05, 3.63) is 0 Å². The van der Waals surface area contributed by atoms with Gasteiger partial charge in [0.2, 0.25) is 0 Å². The summed E-state index contributed by atoms with van der Waals surface area (Å²) in [6, 6.07) is -0.269. The topological polar surface area (TPSA) is 72.9 Å². The van der Waals surface area contributed by atoms with E-state index in [0.29, 0.717) is 6.54 Å². The van der Waals surface area contributed by atoms with Gasteiger partial charge in [0.05, 0.1) is 6.42 Å². The first kappa shape index (κ1) is 16.8. The van der Waals surface area contributed by atoms with Crippen LogP contribution >= 0.6 is 0 Å². The molecule has 0 aromatic heterocycles. The van der Waals surface area contributed by atoms with E-state index in [1.807, 2.05) is 6.92 Å². The molecule has 6 heteroatoms. The second-order valence-corrected chi connectivity index (χ2v) is 5.41. The Morgan fingerprint density at radius 1 is 1.45 bits per heavy atom. The quantitative estimate of drug-likeness (QED) is 0.773. The van der Waals surface area contributed by atoms with Gasteiger partial charge in [0.25, 0.3) is 0 Å². The number of carbonyl (C=O) groups is 2. The predicted molar refractivity (Wildman–Crippen MR) is 77.8 cm³/mol. The molecule has 0 radical (unpaired) electrons. The van der Waals surface area contributed by atoms with Gasteiger partial charge >= 0.3 is 12.0 Å².